The van der Waals surface area contributed by atoms with Crippen molar-refractivity contribution in [3.8, 4) is 0 Å². The number of rotatable bonds is 3. The fraction of sp³-hybridized carbons (Fsp3) is 0.100. The molecule has 10 heteroatoms. The number of carbonyl (C=O) groups is 1. The van der Waals surface area contributed by atoms with E-state index in [2.05, 4.69) is 10.2 Å². The third kappa shape index (κ3) is 8.14. The quantitative estimate of drug-likeness (QED) is 0.268. The van der Waals surface area contributed by atoms with Crippen molar-refractivity contribution in [1.82, 2.24) is 5.48 Å². The maximum atomic E-state index is 10.4. The zero-order valence-electron chi connectivity index (χ0n) is 10.4. The summed E-state index contributed by atoms with van der Waals surface area (Å²) in [4.78, 5) is 18.9. The van der Waals surface area contributed by atoms with Crippen molar-refractivity contribution in [2.45, 2.75) is 6.92 Å². The van der Waals surface area contributed by atoms with E-state index in [1.165, 1.54) is 30.5 Å². The minimum absolute atomic E-state index is 0.00260. The highest BCUT2D eigenvalue weighted by Crippen LogP contribution is 2.10. The van der Waals surface area contributed by atoms with Crippen molar-refractivity contribution in [2.24, 2.45) is 15.9 Å². The number of nitrogens with zero attached hydrogens (tertiary/aromatic N) is 3. The van der Waals surface area contributed by atoms with E-state index in [0.29, 0.717) is 5.56 Å². The summed E-state index contributed by atoms with van der Waals surface area (Å²) in [6.07, 6.45) is 1.34. The van der Waals surface area contributed by atoms with E-state index in [-0.39, 0.29) is 11.6 Å². The average Bonchev–Trinajstić information content (AvgIpc) is 2.38. The second-order valence-corrected chi connectivity index (χ2v) is 3.21. The second-order valence-electron chi connectivity index (χ2n) is 3.21. The van der Waals surface area contributed by atoms with Crippen LogP contribution < -0.4 is 11.2 Å². The average molecular weight is 283 g/mol. The van der Waals surface area contributed by atoms with Gasteiger partial charge in [0.1, 0.15) is 0 Å². The number of carboxylic acid groups (broad SMARTS) is 1. The molecule has 0 saturated carbocycles. The van der Waals surface area contributed by atoms with Gasteiger partial charge in [0.15, 0.2) is 0 Å². The van der Waals surface area contributed by atoms with Crippen LogP contribution in [0.2, 0.25) is 0 Å². The Balaban J connectivity index is 0.000000796. The van der Waals surface area contributed by atoms with Crippen LogP contribution in [0, 0.1) is 10.1 Å². The van der Waals surface area contributed by atoms with Crippen molar-refractivity contribution in [2.75, 3.05) is 0 Å². The highest BCUT2D eigenvalue weighted by molar-refractivity contribution is 5.82. The van der Waals surface area contributed by atoms with Crippen LogP contribution in [0.5, 0.6) is 0 Å². The van der Waals surface area contributed by atoms with Gasteiger partial charge >= 0.3 is 0 Å². The predicted molar refractivity (Wildman–Crippen MR) is 70.5 cm³/mol. The van der Waals surface area contributed by atoms with Gasteiger partial charge in [0, 0.05) is 19.1 Å². The normalized spacial score (nSPS) is 10.6. The number of nitrogens with two attached hydrogens (primary N) is 1. The lowest BCUT2D eigenvalue weighted by molar-refractivity contribution is -0.384. The Morgan fingerprint density at radius 3 is 2.35 bits per heavy atom. The molecule has 1 aromatic rings. The minimum Gasteiger partial charge on any atom is -0.481 e. The molecular formula is C10H13N5O5. The maximum absolute atomic E-state index is 10.4. The summed E-state index contributed by atoms with van der Waals surface area (Å²) in [5, 5.41) is 32.9. The van der Waals surface area contributed by atoms with E-state index in [1.807, 2.05) is 0 Å². The number of nitro groups is 1. The predicted octanol–water partition coefficient (Wildman–Crippen LogP) is 0.313. The topological polar surface area (TPSA) is 163 Å². The molecule has 0 saturated heterocycles. The molecule has 0 fully saturated rings. The van der Waals surface area contributed by atoms with Gasteiger partial charge in [-0.15, -0.1) is 5.10 Å². The van der Waals surface area contributed by atoms with Crippen molar-refractivity contribution in [3.05, 3.63) is 39.9 Å². The number of hydroxylamine groups is 1. The summed E-state index contributed by atoms with van der Waals surface area (Å²) >= 11 is 0. The summed E-state index contributed by atoms with van der Waals surface area (Å²) < 4.78 is 0. The lowest BCUT2D eigenvalue weighted by Crippen LogP contribution is -2.27. The Morgan fingerprint density at radius 1 is 1.45 bits per heavy atom. The Hall–Kier alpha value is -3.01. The molecule has 0 spiro atoms. The van der Waals surface area contributed by atoms with Crippen molar-refractivity contribution in [1.29, 1.82) is 0 Å². The molecule has 1 rings (SSSR count). The third-order valence-corrected chi connectivity index (χ3v) is 1.59. The van der Waals surface area contributed by atoms with Crippen LogP contribution in [-0.2, 0) is 4.79 Å². The van der Waals surface area contributed by atoms with Gasteiger partial charge < -0.3 is 10.8 Å². The zero-order chi connectivity index (χ0) is 15.5. The highest BCUT2D eigenvalue weighted by atomic mass is 16.6. The zero-order valence-corrected chi connectivity index (χ0v) is 10.4. The van der Waals surface area contributed by atoms with E-state index in [1.54, 1.807) is 5.48 Å². The number of carboxylic acids is 1. The van der Waals surface area contributed by atoms with Gasteiger partial charge in [-0.05, 0) is 17.7 Å². The lowest BCUT2D eigenvalue weighted by Gasteiger charge is -1.93. The maximum Gasteiger partial charge on any atom is 0.300 e. The first-order valence-electron chi connectivity index (χ1n) is 5.07. The molecular weight excluding hydrogens is 270 g/mol. The SMILES string of the molecule is CC(=O)O.N/C(=N/N=C/c1ccc([N+](=O)[O-])cc1)NO. The van der Waals surface area contributed by atoms with E-state index in [9.17, 15) is 10.1 Å². The first kappa shape index (κ1) is 17.0. The van der Waals surface area contributed by atoms with Gasteiger partial charge in [0.2, 0.25) is 5.96 Å². The van der Waals surface area contributed by atoms with Gasteiger partial charge in [-0.3, -0.25) is 20.1 Å². The van der Waals surface area contributed by atoms with Gasteiger partial charge in [0.25, 0.3) is 11.7 Å². The number of non-ortho nitro benzene ring substituents is 1. The van der Waals surface area contributed by atoms with Crippen LogP contribution in [0.25, 0.3) is 0 Å². The molecule has 10 nitrogen and oxygen atoms in total. The summed E-state index contributed by atoms with van der Waals surface area (Å²) in [7, 11) is 0. The molecule has 0 amide bonds. The smallest absolute Gasteiger partial charge is 0.300 e. The largest absolute Gasteiger partial charge is 0.481 e. The third-order valence-electron chi connectivity index (χ3n) is 1.59. The Morgan fingerprint density at radius 2 is 1.95 bits per heavy atom. The standard InChI is InChI=1S/C8H9N5O3.C2H4O2/c9-8(12-14)11-10-5-6-1-3-7(4-2-6)13(15)16;1-2(3)4/h1-5,14H,(H3,9,11,12);1H3,(H,3,4)/b10-5+;. The van der Waals surface area contributed by atoms with Gasteiger partial charge in [0.05, 0.1) is 11.1 Å². The molecule has 0 radical (unpaired) electrons. The van der Waals surface area contributed by atoms with Gasteiger partial charge in [-0.25, -0.2) is 5.48 Å². The Labute approximate surface area is 113 Å². The van der Waals surface area contributed by atoms with Crippen LogP contribution in [0.4, 0.5) is 5.69 Å². The van der Waals surface area contributed by atoms with Crippen LogP contribution in [0.3, 0.4) is 0 Å². The molecule has 1 aromatic carbocycles. The molecule has 0 aliphatic rings. The number of aliphatic carboxylic acids is 1. The molecule has 108 valence electrons. The number of nitro benzene ring substituents is 1. The lowest BCUT2D eigenvalue weighted by atomic mass is 10.2. The van der Waals surface area contributed by atoms with Crippen molar-refractivity contribution in [3.63, 3.8) is 0 Å². The van der Waals surface area contributed by atoms with E-state index < -0.39 is 10.9 Å². The van der Waals surface area contributed by atoms with E-state index >= 15 is 0 Å². The summed E-state index contributed by atoms with van der Waals surface area (Å²) in [6, 6.07) is 5.72. The second kappa shape index (κ2) is 8.99. The summed E-state index contributed by atoms with van der Waals surface area (Å²) in [6.45, 7) is 1.08. The van der Waals surface area contributed by atoms with Crippen LogP contribution in [0.1, 0.15) is 12.5 Å². The molecule has 0 atom stereocenters. The van der Waals surface area contributed by atoms with E-state index in [0.717, 1.165) is 6.92 Å². The number of hydrogen-bond donors (Lipinski definition) is 4. The molecule has 0 aromatic heterocycles. The molecule has 0 heterocycles. The molecule has 0 aliphatic carbocycles. The first-order valence-corrected chi connectivity index (χ1v) is 5.07. The Bertz CT molecular complexity index is 507. The fourth-order valence-electron chi connectivity index (χ4n) is 0.862. The summed E-state index contributed by atoms with van der Waals surface area (Å²) in [5.74, 6) is -1.09. The number of nitrogens with one attached hydrogen (secondary N) is 1. The number of hydrogen-bond acceptors (Lipinski definition) is 6. The van der Waals surface area contributed by atoms with Crippen LogP contribution in [0.15, 0.2) is 34.5 Å². The molecule has 0 bridgehead atoms. The van der Waals surface area contributed by atoms with Crippen molar-refractivity contribution >= 4 is 23.8 Å². The van der Waals surface area contributed by atoms with E-state index in [4.69, 9.17) is 20.8 Å². The first-order chi connectivity index (χ1) is 9.36. The molecule has 5 N–H and O–H groups in total. The van der Waals surface area contributed by atoms with Crippen LogP contribution in [-0.4, -0.2) is 33.4 Å². The van der Waals surface area contributed by atoms with Gasteiger partial charge in [-0.2, -0.15) is 5.10 Å². The minimum atomic E-state index is -0.833. The fourth-order valence-corrected chi connectivity index (χ4v) is 0.862. The number of guanidine groups is 1. The van der Waals surface area contributed by atoms with Crippen LogP contribution >= 0.6 is 0 Å². The molecule has 0 aliphatic heterocycles. The molecule has 20 heavy (non-hydrogen) atoms. The summed E-state index contributed by atoms with van der Waals surface area (Å²) in [5.41, 5.74) is 7.31. The van der Waals surface area contributed by atoms with Gasteiger partial charge in [-0.1, -0.05) is 0 Å². The monoisotopic (exact) mass is 283 g/mol. The highest BCUT2D eigenvalue weighted by Gasteiger charge is 2.02. The Kier molecular flexibility index (Phi) is 7.64. The van der Waals surface area contributed by atoms with Crippen molar-refractivity contribution < 1.29 is 20.0 Å². The number of benzene rings is 1. The molecule has 0 unspecified atom stereocenters.